The minimum absolute atomic E-state index is 0.258. The van der Waals surface area contributed by atoms with E-state index < -0.39 is 0 Å². The summed E-state index contributed by atoms with van der Waals surface area (Å²) in [7, 11) is 0. The number of hydrogen-bond acceptors (Lipinski definition) is 4. The van der Waals surface area contributed by atoms with Gasteiger partial charge in [0.2, 0.25) is 5.28 Å². The Morgan fingerprint density at radius 3 is 2.43 bits per heavy atom. The summed E-state index contributed by atoms with van der Waals surface area (Å²) in [4.78, 5) is 11.4. The van der Waals surface area contributed by atoms with Gasteiger partial charge in [0.05, 0.1) is 5.39 Å². The van der Waals surface area contributed by atoms with Gasteiger partial charge in [-0.1, -0.05) is 6.92 Å². The molecule has 4 saturated carbocycles. The van der Waals surface area contributed by atoms with Gasteiger partial charge in [-0.2, -0.15) is 0 Å². The smallest absolute Gasteiger partial charge is 0.225 e. The highest BCUT2D eigenvalue weighted by atomic mass is 35.5. The highest BCUT2D eigenvalue weighted by Crippen LogP contribution is 2.56. The van der Waals surface area contributed by atoms with Crippen molar-refractivity contribution in [3.8, 4) is 0 Å². The fourth-order valence-electron chi connectivity index (χ4n) is 5.73. The summed E-state index contributed by atoms with van der Waals surface area (Å²) in [5, 5.41) is 5.41. The first-order valence-electron chi connectivity index (χ1n) is 8.86. The van der Waals surface area contributed by atoms with Crippen molar-refractivity contribution in [3.05, 3.63) is 16.2 Å². The molecule has 0 unspecified atom stereocenters. The Hall–Kier alpha value is -0.870. The Kier molecular flexibility index (Phi) is 3.18. The fourth-order valence-corrected chi connectivity index (χ4v) is 6.92. The molecule has 2 aromatic rings. The molecule has 2 heterocycles. The molecule has 0 atom stereocenters. The molecular weight excluding hydrogens is 326 g/mol. The second-order valence-electron chi connectivity index (χ2n) is 7.95. The van der Waals surface area contributed by atoms with Crippen LogP contribution in [0, 0.1) is 17.8 Å². The maximum Gasteiger partial charge on any atom is 0.225 e. The van der Waals surface area contributed by atoms with Gasteiger partial charge in [-0.3, -0.25) is 0 Å². The summed E-state index contributed by atoms with van der Waals surface area (Å²) in [6.45, 7) is 2.19. The Labute approximate surface area is 145 Å². The number of aromatic nitrogens is 2. The molecular formula is C18H22ClN3S. The lowest BCUT2D eigenvalue weighted by Crippen LogP contribution is -2.54. The quantitative estimate of drug-likeness (QED) is 0.767. The Bertz CT molecular complexity index is 734. The average Bonchev–Trinajstić information content (AvgIpc) is 2.88. The van der Waals surface area contributed by atoms with Crippen LogP contribution in [0.25, 0.3) is 10.2 Å². The maximum atomic E-state index is 6.21. The van der Waals surface area contributed by atoms with E-state index in [1.54, 1.807) is 11.3 Å². The predicted molar refractivity (Wildman–Crippen MR) is 96.3 cm³/mol. The van der Waals surface area contributed by atoms with Crippen LogP contribution in [0.2, 0.25) is 5.28 Å². The number of nitrogens with zero attached hydrogens (tertiary/aromatic N) is 2. The van der Waals surface area contributed by atoms with E-state index in [-0.39, 0.29) is 5.54 Å². The first kappa shape index (κ1) is 14.5. The predicted octanol–water partition coefficient (Wildman–Crippen LogP) is 5.29. The average molecular weight is 348 g/mol. The number of aryl methyl sites for hydroxylation is 1. The van der Waals surface area contributed by atoms with Gasteiger partial charge in [0.25, 0.3) is 0 Å². The maximum absolute atomic E-state index is 6.21. The number of thiophene rings is 1. The zero-order valence-electron chi connectivity index (χ0n) is 13.4. The molecule has 3 nitrogen and oxygen atoms in total. The van der Waals surface area contributed by atoms with Crippen molar-refractivity contribution >= 4 is 39.0 Å². The fraction of sp³-hybridized carbons (Fsp3) is 0.667. The van der Waals surface area contributed by atoms with Crippen LogP contribution in [-0.2, 0) is 6.42 Å². The molecule has 1 N–H and O–H groups in total. The summed E-state index contributed by atoms with van der Waals surface area (Å²) in [6, 6.07) is 2.25. The van der Waals surface area contributed by atoms with Gasteiger partial charge in [-0.05, 0) is 80.4 Å². The molecule has 4 bridgehead atoms. The molecule has 4 fully saturated rings. The van der Waals surface area contributed by atoms with Gasteiger partial charge < -0.3 is 5.32 Å². The molecule has 0 aliphatic heterocycles. The lowest BCUT2D eigenvalue weighted by molar-refractivity contribution is 0.0106. The van der Waals surface area contributed by atoms with Gasteiger partial charge in [0.15, 0.2) is 0 Å². The molecule has 0 radical (unpaired) electrons. The summed E-state index contributed by atoms with van der Waals surface area (Å²) in [5.41, 5.74) is 0.258. The lowest BCUT2D eigenvalue weighted by Gasteiger charge is -2.57. The van der Waals surface area contributed by atoms with Gasteiger partial charge in [-0.25, -0.2) is 9.97 Å². The second-order valence-corrected chi connectivity index (χ2v) is 9.40. The standard InChI is InChI=1S/C18H22ClN3S/c1-2-13-6-14-15(20-17(19)21-16(14)23-13)22-18-7-10-3-11(8-18)5-12(4-10)9-18/h6,10-12H,2-5,7-9H2,1H3,(H,20,21,22). The van der Waals surface area contributed by atoms with Crippen molar-refractivity contribution < 1.29 is 0 Å². The zero-order chi connectivity index (χ0) is 15.6. The van der Waals surface area contributed by atoms with E-state index in [0.717, 1.165) is 40.2 Å². The van der Waals surface area contributed by atoms with Gasteiger partial charge in [0, 0.05) is 10.4 Å². The molecule has 5 heteroatoms. The van der Waals surface area contributed by atoms with Crippen LogP contribution in [0.4, 0.5) is 5.82 Å². The topological polar surface area (TPSA) is 37.8 Å². The number of nitrogens with one attached hydrogen (secondary N) is 1. The Balaban J connectivity index is 1.55. The Morgan fingerprint density at radius 1 is 1.17 bits per heavy atom. The number of fused-ring (bicyclic) bond motifs is 1. The van der Waals surface area contributed by atoms with E-state index in [1.165, 1.54) is 43.4 Å². The molecule has 23 heavy (non-hydrogen) atoms. The normalized spacial score (nSPS) is 35.1. The van der Waals surface area contributed by atoms with E-state index in [0.29, 0.717) is 5.28 Å². The number of rotatable bonds is 3. The molecule has 0 spiro atoms. The molecule has 2 aromatic heterocycles. The summed E-state index contributed by atoms with van der Waals surface area (Å²) in [6.07, 6.45) is 9.35. The summed E-state index contributed by atoms with van der Waals surface area (Å²) in [5.74, 6) is 3.75. The van der Waals surface area contributed by atoms with E-state index in [4.69, 9.17) is 11.6 Å². The molecule has 0 aromatic carbocycles. The van der Waals surface area contributed by atoms with Crippen LogP contribution in [0.1, 0.15) is 50.3 Å². The summed E-state index contributed by atoms with van der Waals surface area (Å²) >= 11 is 7.95. The molecule has 0 amide bonds. The number of halogens is 1. The highest BCUT2D eigenvalue weighted by Gasteiger charge is 2.51. The lowest BCUT2D eigenvalue weighted by atomic mass is 9.53. The van der Waals surface area contributed by atoms with Gasteiger partial charge in [-0.15, -0.1) is 11.3 Å². The van der Waals surface area contributed by atoms with Crippen LogP contribution in [0.15, 0.2) is 6.07 Å². The van der Waals surface area contributed by atoms with Gasteiger partial charge >= 0.3 is 0 Å². The van der Waals surface area contributed by atoms with Crippen LogP contribution in [0.3, 0.4) is 0 Å². The molecule has 6 rings (SSSR count). The highest BCUT2D eigenvalue weighted by molar-refractivity contribution is 7.18. The molecule has 4 aliphatic carbocycles. The number of hydrogen-bond donors (Lipinski definition) is 1. The first-order chi connectivity index (χ1) is 11.1. The minimum Gasteiger partial charge on any atom is -0.364 e. The SMILES string of the molecule is CCc1cc2c(NC34CC5CC(CC(C5)C3)C4)nc(Cl)nc2s1. The van der Waals surface area contributed by atoms with E-state index >= 15 is 0 Å². The van der Waals surface area contributed by atoms with E-state index in [9.17, 15) is 0 Å². The largest absolute Gasteiger partial charge is 0.364 e. The van der Waals surface area contributed by atoms with Crippen LogP contribution in [-0.4, -0.2) is 15.5 Å². The van der Waals surface area contributed by atoms with Crippen LogP contribution >= 0.6 is 22.9 Å². The Morgan fingerprint density at radius 2 is 1.83 bits per heavy atom. The molecule has 122 valence electrons. The number of anilines is 1. The van der Waals surface area contributed by atoms with Gasteiger partial charge in [0.1, 0.15) is 10.6 Å². The van der Waals surface area contributed by atoms with Crippen molar-refractivity contribution in [2.75, 3.05) is 5.32 Å². The third kappa shape index (κ3) is 2.37. The van der Waals surface area contributed by atoms with E-state index in [2.05, 4.69) is 28.3 Å². The zero-order valence-corrected chi connectivity index (χ0v) is 15.0. The van der Waals surface area contributed by atoms with E-state index in [1.807, 2.05) is 0 Å². The third-order valence-corrected chi connectivity index (χ3v) is 7.53. The third-order valence-electron chi connectivity index (χ3n) is 6.19. The van der Waals surface area contributed by atoms with Crippen molar-refractivity contribution in [2.24, 2.45) is 17.8 Å². The van der Waals surface area contributed by atoms with Crippen LogP contribution < -0.4 is 5.32 Å². The van der Waals surface area contributed by atoms with Crippen molar-refractivity contribution in [1.29, 1.82) is 0 Å². The van der Waals surface area contributed by atoms with Crippen LogP contribution in [0.5, 0.6) is 0 Å². The molecule has 0 saturated heterocycles. The minimum atomic E-state index is 0.258. The van der Waals surface area contributed by atoms with Crippen molar-refractivity contribution in [1.82, 2.24) is 9.97 Å². The first-order valence-corrected chi connectivity index (χ1v) is 10.1. The molecule has 4 aliphatic rings. The van der Waals surface area contributed by atoms with Crippen molar-refractivity contribution in [2.45, 2.75) is 57.4 Å². The monoisotopic (exact) mass is 347 g/mol. The summed E-state index contributed by atoms with van der Waals surface area (Å²) < 4.78 is 0. The van der Waals surface area contributed by atoms with Crippen molar-refractivity contribution in [3.63, 3.8) is 0 Å². The second kappa shape index (κ2) is 5.06.